The number of carbonyl (C=O) groups is 2. The number of aromatic nitrogens is 1. The van der Waals surface area contributed by atoms with Crippen molar-refractivity contribution in [1.29, 1.82) is 0 Å². The molecule has 1 heterocycles. The summed E-state index contributed by atoms with van der Waals surface area (Å²) in [7, 11) is 0. The molecule has 2 amide bonds. The molecular weight excluding hydrogens is 352 g/mol. The molecule has 0 aliphatic heterocycles. The summed E-state index contributed by atoms with van der Waals surface area (Å²) in [5.41, 5.74) is 6.18. The minimum absolute atomic E-state index is 0.00122. The molecule has 28 heavy (non-hydrogen) atoms. The van der Waals surface area contributed by atoms with Crippen LogP contribution in [-0.4, -0.2) is 35.9 Å². The Labute approximate surface area is 170 Å². The normalized spacial score (nSPS) is 14.4. The maximum atomic E-state index is 13.0. The van der Waals surface area contributed by atoms with Crippen molar-refractivity contribution in [2.45, 2.75) is 66.3 Å². The molecule has 3 N–H and O–H groups in total. The maximum Gasteiger partial charge on any atom is 0.245 e. The molecule has 0 bridgehead atoms. The van der Waals surface area contributed by atoms with Gasteiger partial charge in [-0.1, -0.05) is 59.9 Å². The Hall–Kier alpha value is -1.95. The third-order valence-electron chi connectivity index (χ3n) is 5.38. The van der Waals surface area contributed by atoms with Crippen LogP contribution in [0.4, 0.5) is 5.82 Å². The predicted molar refractivity (Wildman–Crippen MR) is 115 cm³/mol. The fourth-order valence-electron chi connectivity index (χ4n) is 3.14. The number of hydrogen-bond donors (Lipinski definition) is 2. The van der Waals surface area contributed by atoms with E-state index < -0.39 is 6.04 Å². The molecule has 0 aliphatic carbocycles. The van der Waals surface area contributed by atoms with E-state index in [1.54, 1.807) is 17.2 Å². The molecule has 1 aromatic rings. The molecule has 158 valence electrons. The van der Waals surface area contributed by atoms with E-state index in [4.69, 9.17) is 5.73 Å². The fraction of sp³-hybridized carbons (Fsp3) is 0.682. The van der Waals surface area contributed by atoms with Crippen LogP contribution in [-0.2, 0) is 9.59 Å². The Balaban J connectivity index is 2.79. The van der Waals surface area contributed by atoms with Crippen LogP contribution < -0.4 is 16.0 Å². The number of nitrogens with one attached hydrogen (secondary N) is 1. The number of rotatable bonds is 12. The first-order valence-corrected chi connectivity index (χ1v) is 10.6. The van der Waals surface area contributed by atoms with Crippen LogP contribution in [0.3, 0.4) is 0 Å². The first kappa shape index (κ1) is 24.1. The van der Waals surface area contributed by atoms with Crippen molar-refractivity contribution in [3.63, 3.8) is 0 Å². The van der Waals surface area contributed by atoms with Crippen molar-refractivity contribution in [3.05, 3.63) is 24.4 Å². The lowest BCUT2D eigenvalue weighted by molar-refractivity contribution is -0.127. The topological polar surface area (TPSA) is 88.3 Å². The first-order chi connectivity index (χ1) is 13.3. The number of nitrogens with zero attached hydrogens (tertiary/aromatic N) is 2. The first-order valence-electron chi connectivity index (χ1n) is 10.6. The largest absolute Gasteiger partial charge is 0.354 e. The molecule has 0 radical (unpaired) electrons. The summed E-state index contributed by atoms with van der Waals surface area (Å²) >= 11 is 0. The molecule has 0 aliphatic rings. The Morgan fingerprint density at radius 2 is 1.93 bits per heavy atom. The van der Waals surface area contributed by atoms with E-state index in [-0.39, 0.29) is 23.7 Å². The van der Waals surface area contributed by atoms with E-state index in [0.29, 0.717) is 24.8 Å². The summed E-state index contributed by atoms with van der Waals surface area (Å²) in [6.45, 7) is 11.0. The lowest BCUT2D eigenvalue weighted by atomic mass is 9.90. The molecule has 0 saturated heterocycles. The van der Waals surface area contributed by atoms with Gasteiger partial charge in [-0.25, -0.2) is 4.98 Å². The zero-order valence-electron chi connectivity index (χ0n) is 18.1. The summed E-state index contributed by atoms with van der Waals surface area (Å²) in [6, 6.07) is 4.86. The van der Waals surface area contributed by atoms with Crippen LogP contribution in [0.2, 0.25) is 0 Å². The second-order valence-electron chi connectivity index (χ2n) is 7.87. The molecule has 6 heteroatoms. The standard InChI is InChI=1S/C22H38N4O2/c1-6-8-11-18(16(3)4)21(27)25-14-15-26(19-12-9-10-13-24-19)22(28)20(23)17(5)7-2/h9-10,12-13,16-18,20H,6-8,11,14-15,23H2,1-5H3,(H,25,27)/t17-,18+,20-/m0/s1. The molecule has 0 spiro atoms. The van der Waals surface area contributed by atoms with E-state index in [0.717, 1.165) is 25.7 Å². The van der Waals surface area contributed by atoms with Gasteiger partial charge in [-0.05, 0) is 30.4 Å². The molecule has 0 fully saturated rings. The number of nitrogens with two attached hydrogens (primary N) is 1. The van der Waals surface area contributed by atoms with Crippen molar-refractivity contribution < 1.29 is 9.59 Å². The summed E-state index contributed by atoms with van der Waals surface area (Å²) in [4.78, 5) is 31.5. The lowest BCUT2D eigenvalue weighted by Crippen LogP contribution is -2.50. The minimum Gasteiger partial charge on any atom is -0.354 e. The second-order valence-corrected chi connectivity index (χ2v) is 7.87. The van der Waals surface area contributed by atoms with E-state index in [1.165, 1.54) is 0 Å². The molecular formula is C22H38N4O2. The predicted octanol–water partition coefficient (Wildman–Crippen LogP) is 3.37. The van der Waals surface area contributed by atoms with Gasteiger partial charge in [0.15, 0.2) is 0 Å². The molecule has 0 unspecified atom stereocenters. The van der Waals surface area contributed by atoms with Gasteiger partial charge in [0.2, 0.25) is 11.8 Å². The summed E-state index contributed by atoms with van der Waals surface area (Å²) in [5, 5.41) is 3.01. The summed E-state index contributed by atoms with van der Waals surface area (Å²) < 4.78 is 0. The van der Waals surface area contributed by atoms with Crippen LogP contribution >= 0.6 is 0 Å². The summed E-state index contributed by atoms with van der Waals surface area (Å²) in [6.07, 6.45) is 5.49. The van der Waals surface area contributed by atoms with Gasteiger partial charge >= 0.3 is 0 Å². The molecule has 6 nitrogen and oxygen atoms in total. The highest BCUT2D eigenvalue weighted by Crippen LogP contribution is 2.19. The summed E-state index contributed by atoms with van der Waals surface area (Å²) in [5.74, 6) is 0.830. The van der Waals surface area contributed by atoms with Gasteiger partial charge in [-0.15, -0.1) is 0 Å². The van der Waals surface area contributed by atoms with Crippen molar-refractivity contribution in [1.82, 2.24) is 10.3 Å². The van der Waals surface area contributed by atoms with Gasteiger partial charge in [0.1, 0.15) is 5.82 Å². The number of amides is 2. The highest BCUT2D eigenvalue weighted by Gasteiger charge is 2.27. The SMILES string of the molecule is CCCC[C@@H](C(=O)NCCN(C(=O)[C@@H](N)[C@@H](C)CC)c1ccccn1)C(C)C. The number of pyridine rings is 1. The van der Waals surface area contributed by atoms with Crippen LogP contribution in [0.25, 0.3) is 0 Å². The van der Waals surface area contributed by atoms with Gasteiger partial charge in [0, 0.05) is 25.2 Å². The molecule has 3 atom stereocenters. The smallest absolute Gasteiger partial charge is 0.245 e. The van der Waals surface area contributed by atoms with Crippen LogP contribution in [0.5, 0.6) is 0 Å². The van der Waals surface area contributed by atoms with Crippen molar-refractivity contribution in [3.8, 4) is 0 Å². The zero-order valence-corrected chi connectivity index (χ0v) is 18.1. The van der Waals surface area contributed by atoms with Crippen LogP contribution in [0, 0.1) is 17.8 Å². The Morgan fingerprint density at radius 1 is 1.21 bits per heavy atom. The highest BCUT2D eigenvalue weighted by molar-refractivity contribution is 5.96. The quantitative estimate of drug-likeness (QED) is 0.573. The third-order valence-corrected chi connectivity index (χ3v) is 5.38. The fourth-order valence-corrected chi connectivity index (χ4v) is 3.14. The Bertz CT molecular complexity index is 591. The van der Waals surface area contributed by atoms with Gasteiger partial charge in [-0.2, -0.15) is 0 Å². The average molecular weight is 391 g/mol. The number of carbonyl (C=O) groups excluding carboxylic acids is 2. The maximum absolute atomic E-state index is 13.0. The average Bonchev–Trinajstić information content (AvgIpc) is 2.70. The molecule has 0 aromatic carbocycles. The van der Waals surface area contributed by atoms with Gasteiger partial charge in [0.05, 0.1) is 6.04 Å². The van der Waals surface area contributed by atoms with E-state index in [1.807, 2.05) is 26.0 Å². The van der Waals surface area contributed by atoms with Crippen LogP contribution in [0.15, 0.2) is 24.4 Å². The molecule has 1 aromatic heterocycles. The number of hydrogen-bond acceptors (Lipinski definition) is 4. The second kappa shape index (κ2) is 12.5. The van der Waals surface area contributed by atoms with E-state index in [9.17, 15) is 9.59 Å². The van der Waals surface area contributed by atoms with E-state index in [2.05, 4.69) is 31.1 Å². The van der Waals surface area contributed by atoms with E-state index >= 15 is 0 Å². The Kier molecular flexibility index (Phi) is 10.8. The van der Waals surface area contributed by atoms with Crippen molar-refractivity contribution in [2.24, 2.45) is 23.5 Å². The number of anilines is 1. The lowest BCUT2D eigenvalue weighted by Gasteiger charge is -2.28. The minimum atomic E-state index is -0.587. The zero-order chi connectivity index (χ0) is 21.1. The molecule has 0 saturated carbocycles. The van der Waals surface area contributed by atoms with Crippen molar-refractivity contribution in [2.75, 3.05) is 18.0 Å². The highest BCUT2D eigenvalue weighted by atomic mass is 16.2. The number of unbranched alkanes of at least 4 members (excludes halogenated alkanes) is 1. The van der Waals surface area contributed by atoms with Crippen molar-refractivity contribution >= 4 is 17.6 Å². The monoisotopic (exact) mass is 390 g/mol. The Morgan fingerprint density at radius 3 is 2.46 bits per heavy atom. The van der Waals surface area contributed by atoms with Gasteiger partial charge in [-0.3, -0.25) is 14.5 Å². The molecule has 1 rings (SSSR count). The van der Waals surface area contributed by atoms with Gasteiger partial charge in [0.25, 0.3) is 0 Å². The third kappa shape index (κ3) is 7.23. The van der Waals surface area contributed by atoms with Crippen LogP contribution in [0.1, 0.15) is 60.3 Å². The van der Waals surface area contributed by atoms with Gasteiger partial charge < -0.3 is 11.1 Å².